The number of thioether (sulfide) groups is 1. The molecule has 0 atom stereocenters. The molecular formula is C17H16F3NO3S2. The fourth-order valence-electron chi connectivity index (χ4n) is 2.34. The Kier molecular flexibility index (Phi) is 6.82. The van der Waals surface area contributed by atoms with E-state index in [1.165, 1.54) is 23.1 Å². The van der Waals surface area contributed by atoms with Gasteiger partial charge in [-0.3, -0.25) is 14.5 Å². The molecule has 26 heavy (non-hydrogen) atoms. The minimum absolute atomic E-state index is 0.0895. The average Bonchev–Trinajstić information content (AvgIpc) is 2.81. The monoisotopic (exact) mass is 403 g/mol. The number of thiocarbonyl (C=S) groups is 1. The fourth-order valence-corrected chi connectivity index (χ4v) is 3.64. The van der Waals surface area contributed by atoms with Crippen molar-refractivity contribution in [2.75, 3.05) is 6.54 Å². The van der Waals surface area contributed by atoms with Gasteiger partial charge in [0.2, 0.25) is 0 Å². The summed E-state index contributed by atoms with van der Waals surface area (Å²) in [5, 5.41) is 8.59. The number of alkyl halides is 3. The van der Waals surface area contributed by atoms with Gasteiger partial charge in [-0.2, -0.15) is 13.2 Å². The zero-order valence-corrected chi connectivity index (χ0v) is 15.2. The van der Waals surface area contributed by atoms with Crippen LogP contribution in [0.5, 0.6) is 0 Å². The molecule has 0 saturated carbocycles. The summed E-state index contributed by atoms with van der Waals surface area (Å²) in [4.78, 5) is 24.7. The van der Waals surface area contributed by atoms with E-state index < -0.39 is 17.7 Å². The zero-order valence-electron chi connectivity index (χ0n) is 13.6. The van der Waals surface area contributed by atoms with Crippen LogP contribution in [-0.2, 0) is 15.8 Å². The molecule has 0 aromatic heterocycles. The number of hydrogen-bond acceptors (Lipinski definition) is 4. The van der Waals surface area contributed by atoms with Crippen LogP contribution in [0.1, 0.15) is 36.8 Å². The predicted molar refractivity (Wildman–Crippen MR) is 97.4 cm³/mol. The van der Waals surface area contributed by atoms with Gasteiger partial charge >= 0.3 is 12.1 Å². The van der Waals surface area contributed by atoms with Crippen LogP contribution in [0.15, 0.2) is 29.2 Å². The summed E-state index contributed by atoms with van der Waals surface area (Å²) >= 11 is 6.29. The number of benzene rings is 1. The molecule has 1 aromatic carbocycles. The Morgan fingerprint density at radius 1 is 1.19 bits per heavy atom. The molecular weight excluding hydrogens is 387 g/mol. The molecule has 0 radical (unpaired) electrons. The Labute approximate surface area is 158 Å². The van der Waals surface area contributed by atoms with Crippen LogP contribution < -0.4 is 0 Å². The van der Waals surface area contributed by atoms with Crippen molar-refractivity contribution in [3.8, 4) is 0 Å². The zero-order chi connectivity index (χ0) is 19.3. The van der Waals surface area contributed by atoms with Crippen LogP contribution in [0.2, 0.25) is 0 Å². The van der Waals surface area contributed by atoms with E-state index in [2.05, 4.69) is 0 Å². The summed E-state index contributed by atoms with van der Waals surface area (Å²) in [6.07, 6.45) is -0.960. The third-order valence-electron chi connectivity index (χ3n) is 3.68. The number of carbonyl (C=O) groups excluding carboxylic acids is 1. The van der Waals surface area contributed by atoms with Crippen molar-refractivity contribution in [2.45, 2.75) is 31.9 Å². The maximum Gasteiger partial charge on any atom is 0.416 e. The maximum absolute atomic E-state index is 12.6. The van der Waals surface area contributed by atoms with Gasteiger partial charge in [0.25, 0.3) is 5.91 Å². The molecule has 1 heterocycles. The first-order chi connectivity index (χ1) is 12.2. The largest absolute Gasteiger partial charge is 0.481 e. The second-order valence-corrected chi connectivity index (χ2v) is 7.33. The summed E-state index contributed by atoms with van der Waals surface area (Å²) in [6, 6.07) is 4.55. The van der Waals surface area contributed by atoms with Crippen LogP contribution >= 0.6 is 24.0 Å². The lowest BCUT2D eigenvalue weighted by molar-refractivity contribution is -0.138. The first-order valence-electron chi connectivity index (χ1n) is 7.83. The number of hydrogen-bond donors (Lipinski definition) is 1. The smallest absolute Gasteiger partial charge is 0.416 e. The van der Waals surface area contributed by atoms with Crippen molar-refractivity contribution >= 4 is 46.3 Å². The molecule has 1 fully saturated rings. The number of amides is 1. The second kappa shape index (κ2) is 8.68. The van der Waals surface area contributed by atoms with Crippen LogP contribution in [0, 0.1) is 0 Å². The molecule has 140 valence electrons. The lowest BCUT2D eigenvalue weighted by Gasteiger charge is -2.13. The first kappa shape index (κ1) is 20.4. The van der Waals surface area contributed by atoms with Crippen molar-refractivity contribution in [3.05, 3.63) is 40.3 Å². The molecule has 1 amide bonds. The third-order valence-corrected chi connectivity index (χ3v) is 5.06. The molecule has 0 spiro atoms. The van der Waals surface area contributed by atoms with Crippen molar-refractivity contribution < 1.29 is 27.9 Å². The van der Waals surface area contributed by atoms with Crippen molar-refractivity contribution in [1.29, 1.82) is 0 Å². The summed E-state index contributed by atoms with van der Waals surface area (Å²) in [7, 11) is 0. The molecule has 0 unspecified atom stereocenters. The number of halogens is 3. The SMILES string of the molecule is O=C(O)CCCCCN1C(=O)/C(=C/c2ccc(C(F)(F)F)cc2)SC1=S. The van der Waals surface area contributed by atoms with Crippen LogP contribution in [-0.4, -0.2) is 32.7 Å². The standard InChI is InChI=1S/C17H16F3NO3S2/c18-17(19,20)12-7-5-11(6-8-12)10-13-15(24)21(16(25)26-13)9-3-1-2-4-14(22)23/h5-8,10H,1-4,9H2,(H,22,23)/b13-10-. The summed E-state index contributed by atoms with van der Waals surface area (Å²) in [5.74, 6) is -1.13. The maximum atomic E-state index is 12.6. The van der Waals surface area contributed by atoms with E-state index in [1.54, 1.807) is 0 Å². The van der Waals surface area contributed by atoms with Gasteiger partial charge in [0.05, 0.1) is 10.5 Å². The quantitative estimate of drug-likeness (QED) is 0.411. The van der Waals surface area contributed by atoms with Crippen molar-refractivity contribution in [2.24, 2.45) is 0 Å². The number of rotatable bonds is 7. The van der Waals surface area contributed by atoms with Gasteiger partial charge in [0, 0.05) is 13.0 Å². The molecule has 1 N–H and O–H groups in total. The van der Waals surface area contributed by atoms with Gasteiger partial charge in [0.1, 0.15) is 4.32 Å². The van der Waals surface area contributed by atoms with E-state index in [9.17, 15) is 22.8 Å². The molecule has 0 aliphatic carbocycles. The summed E-state index contributed by atoms with van der Waals surface area (Å²) in [5.41, 5.74) is -0.261. The number of carboxylic acids is 1. The summed E-state index contributed by atoms with van der Waals surface area (Å²) in [6.45, 7) is 0.397. The molecule has 1 aliphatic heterocycles. The van der Waals surface area contributed by atoms with Gasteiger partial charge in [-0.25, -0.2) is 0 Å². The van der Waals surface area contributed by atoms with E-state index in [4.69, 9.17) is 17.3 Å². The highest BCUT2D eigenvalue weighted by molar-refractivity contribution is 8.26. The number of unbranched alkanes of at least 4 members (excludes halogenated alkanes) is 2. The number of carbonyl (C=O) groups is 2. The molecule has 1 aromatic rings. The van der Waals surface area contributed by atoms with Crippen molar-refractivity contribution in [3.63, 3.8) is 0 Å². The molecule has 4 nitrogen and oxygen atoms in total. The highest BCUT2D eigenvalue weighted by Gasteiger charge is 2.32. The van der Waals surface area contributed by atoms with Crippen molar-refractivity contribution in [1.82, 2.24) is 4.90 Å². The van der Waals surface area contributed by atoms with Crippen LogP contribution in [0.4, 0.5) is 13.2 Å². The van der Waals surface area contributed by atoms with Gasteiger partial charge < -0.3 is 5.11 Å². The van der Waals surface area contributed by atoms with Gasteiger partial charge in [-0.05, 0) is 36.6 Å². The lowest BCUT2D eigenvalue weighted by Crippen LogP contribution is -2.29. The van der Waals surface area contributed by atoms with Crippen LogP contribution in [0.25, 0.3) is 6.08 Å². The predicted octanol–water partition coefficient (Wildman–Crippen LogP) is 4.55. The minimum Gasteiger partial charge on any atom is -0.481 e. The molecule has 9 heteroatoms. The highest BCUT2D eigenvalue weighted by atomic mass is 32.2. The van der Waals surface area contributed by atoms with E-state index in [0.717, 1.165) is 23.9 Å². The van der Waals surface area contributed by atoms with Gasteiger partial charge in [-0.15, -0.1) is 0 Å². The van der Waals surface area contributed by atoms with E-state index in [0.29, 0.717) is 40.6 Å². The Balaban J connectivity index is 1.97. The number of carboxylic acid groups (broad SMARTS) is 1. The highest BCUT2D eigenvalue weighted by Crippen LogP contribution is 2.34. The fraction of sp³-hybridized carbons (Fsp3) is 0.353. The number of nitrogens with zero attached hydrogens (tertiary/aromatic N) is 1. The topological polar surface area (TPSA) is 57.6 Å². The number of aliphatic carboxylic acids is 1. The Bertz CT molecular complexity index is 730. The van der Waals surface area contributed by atoms with Gasteiger partial charge in [0.15, 0.2) is 0 Å². The third kappa shape index (κ3) is 5.57. The average molecular weight is 403 g/mol. The Morgan fingerprint density at radius 3 is 2.42 bits per heavy atom. The first-order valence-corrected chi connectivity index (χ1v) is 9.05. The van der Waals surface area contributed by atoms with E-state index in [-0.39, 0.29) is 12.3 Å². The molecule has 1 aliphatic rings. The normalized spacial score (nSPS) is 16.6. The Morgan fingerprint density at radius 2 is 1.85 bits per heavy atom. The molecule has 0 bridgehead atoms. The Hall–Kier alpha value is -1.87. The van der Waals surface area contributed by atoms with E-state index in [1.807, 2.05) is 0 Å². The summed E-state index contributed by atoms with van der Waals surface area (Å²) < 4.78 is 38.1. The molecule has 2 rings (SSSR count). The van der Waals surface area contributed by atoms with Crippen LogP contribution in [0.3, 0.4) is 0 Å². The van der Waals surface area contributed by atoms with E-state index >= 15 is 0 Å². The second-order valence-electron chi connectivity index (χ2n) is 5.66. The van der Waals surface area contributed by atoms with Gasteiger partial charge in [-0.1, -0.05) is 42.5 Å². The minimum atomic E-state index is -4.40. The lowest BCUT2D eigenvalue weighted by atomic mass is 10.1. The molecule has 1 saturated heterocycles.